The molecule has 0 saturated carbocycles. The Hall–Kier alpha value is -2.91. The number of para-hydroxylation sites is 1. The molecule has 31 heavy (non-hydrogen) atoms. The molecule has 1 aromatic heterocycles. The van der Waals surface area contributed by atoms with Gasteiger partial charge in [-0.25, -0.2) is 9.37 Å². The summed E-state index contributed by atoms with van der Waals surface area (Å²) in [6, 6.07) is 16.1. The summed E-state index contributed by atoms with van der Waals surface area (Å²) < 4.78 is 19.6. The highest BCUT2D eigenvalue weighted by atomic mass is 32.2. The van der Waals surface area contributed by atoms with Gasteiger partial charge in [0.15, 0.2) is 5.82 Å². The second-order valence-electron chi connectivity index (χ2n) is 7.12. The molecule has 1 amide bonds. The number of piperazine rings is 1. The third kappa shape index (κ3) is 5.83. The van der Waals surface area contributed by atoms with E-state index in [2.05, 4.69) is 20.1 Å². The Bertz CT molecular complexity index is 992. The molecule has 7 nitrogen and oxygen atoms in total. The quantitative estimate of drug-likeness (QED) is 0.542. The highest BCUT2D eigenvalue weighted by Gasteiger charge is 2.21. The molecule has 9 heteroatoms. The molecule has 0 aliphatic carbocycles. The van der Waals surface area contributed by atoms with E-state index in [1.807, 2.05) is 35.2 Å². The summed E-state index contributed by atoms with van der Waals surface area (Å²) in [6.45, 7) is 4.50. The zero-order chi connectivity index (χ0) is 21.5. The largest absolute Gasteiger partial charge is 0.492 e. The van der Waals surface area contributed by atoms with Crippen LogP contribution in [0.25, 0.3) is 11.4 Å². The molecule has 2 aromatic carbocycles. The minimum absolute atomic E-state index is 0.0578. The van der Waals surface area contributed by atoms with Gasteiger partial charge in [-0.15, -0.1) is 5.10 Å². The van der Waals surface area contributed by atoms with Crippen molar-refractivity contribution >= 4 is 17.7 Å². The van der Waals surface area contributed by atoms with Gasteiger partial charge in [0.2, 0.25) is 11.1 Å². The van der Waals surface area contributed by atoms with Gasteiger partial charge in [-0.05, 0) is 24.3 Å². The molecule has 0 radical (unpaired) electrons. The van der Waals surface area contributed by atoms with Crippen molar-refractivity contribution in [1.29, 1.82) is 0 Å². The second kappa shape index (κ2) is 10.4. The predicted molar refractivity (Wildman–Crippen MR) is 117 cm³/mol. The smallest absolute Gasteiger partial charge is 0.233 e. The van der Waals surface area contributed by atoms with Crippen molar-refractivity contribution in [1.82, 2.24) is 25.0 Å². The van der Waals surface area contributed by atoms with E-state index in [-0.39, 0.29) is 17.5 Å². The van der Waals surface area contributed by atoms with Gasteiger partial charge in [0.1, 0.15) is 18.2 Å². The predicted octanol–water partition coefficient (Wildman–Crippen LogP) is 2.93. The molecule has 2 heterocycles. The number of carbonyl (C=O) groups excluding carboxylic acids is 1. The van der Waals surface area contributed by atoms with E-state index in [0.29, 0.717) is 36.2 Å². The number of thioether (sulfide) groups is 1. The third-order valence-electron chi connectivity index (χ3n) is 5.06. The molecule has 0 bridgehead atoms. The summed E-state index contributed by atoms with van der Waals surface area (Å²) in [5.74, 6) is 1.18. The summed E-state index contributed by atoms with van der Waals surface area (Å²) in [4.78, 5) is 21.0. The van der Waals surface area contributed by atoms with Gasteiger partial charge in [-0.3, -0.25) is 14.8 Å². The number of nitrogens with zero attached hydrogens (tertiary/aromatic N) is 4. The lowest BCUT2D eigenvalue weighted by Gasteiger charge is -2.34. The standard InChI is InChI=1S/C22H24FN5O2S/c23-19-9-5-4-8-18(19)21-24-22(26-25-21)31-16-20(29)28-12-10-27(11-13-28)14-15-30-17-6-2-1-3-7-17/h1-9H,10-16H2,(H,24,25,26). The molecule has 1 aliphatic heterocycles. The van der Waals surface area contributed by atoms with Crippen LogP contribution in [0.5, 0.6) is 5.75 Å². The lowest BCUT2D eigenvalue weighted by molar-refractivity contribution is -0.130. The maximum atomic E-state index is 13.9. The van der Waals surface area contributed by atoms with E-state index in [9.17, 15) is 9.18 Å². The average molecular weight is 442 g/mol. The van der Waals surface area contributed by atoms with Crippen LogP contribution in [-0.4, -0.2) is 76.0 Å². The third-order valence-corrected chi connectivity index (χ3v) is 5.90. The number of ether oxygens (including phenoxy) is 1. The Balaban J connectivity index is 1.18. The average Bonchev–Trinajstić information content (AvgIpc) is 3.28. The molecule has 0 spiro atoms. The van der Waals surface area contributed by atoms with Crippen LogP contribution in [0.4, 0.5) is 4.39 Å². The number of benzene rings is 2. The summed E-state index contributed by atoms with van der Waals surface area (Å²) in [5.41, 5.74) is 0.362. The highest BCUT2D eigenvalue weighted by molar-refractivity contribution is 7.99. The van der Waals surface area contributed by atoms with Crippen molar-refractivity contribution in [3.63, 3.8) is 0 Å². The zero-order valence-corrected chi connectivity index (χ0v) is 17.9. The van der Waals surface area contributed by atoms with Crippen LogP contribution >= 0.6 is 11.8 Å². The molecule has 1 aliphatic rings. The highest BCUT2D eigenvalue weighted by Crippen LogP contribution is 2.22. The lowest BCUT2D eigenvalue weighted by atomic mass is 10.2. The number of halogens is 1. The fraction of sp³-hybridized carbons (Fsp3) is 0.318. The molecular weight excluding hydrogens is 417 g/mol. The van der Waals surface area contributed by atoms with E-state index >= 15 is 0 Å². The molecule has 162 valence electrons. The van der Waals surface area contributed by atoms with E-state index in [4.69, 9.17) is 4.74 Å². The number of rotatable bonds is 8. The topological polar surface area (TPSA) is 74.4 Å². The number of aromatic amines is 1. The van der Waals surface area contributed by atoms with Crippen molar-refractivity contribution in [2.24, 2.45) is 0 Å². The van der Waals surface area contributed by atoms with Crippen LogP contribution in [0, 0.1) is 5.82 Å². The molecule has 0 atom stereocenters. The number of hydrogen-bond donors (Lipinski definition) is 1. The maximum Gasteiger partial charge on any atom is 0.233 e. The summed E-state index contributed by atoms with van der Waals surface area (Å²) in [6.07, 6.45) is 0. The first-order valence-electron chi connectivity index (χ1n) is 10.2. The Kier molecular flexibility index (Phi) is 7.16. The van der Waals surface area contributed by atoms with E-state index < -0.39 is 0 Å². The minimum Gasteiger partial charge on any atom is -0.492 e. The van der Waals surface area contributed by atoms with Gasteiger partial charge in [-0.2, -0.15) is 0 Å². The number of carbonyl (C=O) groups is 1. The van der Waals surface area contributed by atoms with Crippen LogP contribution < -0.4 is 4.74 Å². The van der Waals surface area contributed by atoms with Crippen molar-refractivity contribution in [2.75, 3.05) is 45.1 Å². The number of hydrogen-bond acceptors (Lipinski definition) is 6. The Morgan fingerprint density at radius 1 is 1.06 bits per heavy atom. The van der Waals surface area contributed by atoms with E-state index in [1.54, 1.807) is 18.2 Å². The molecule has 1 fully saturated rings. The molecule has 4 rings (SSSR count). The van der Waals surface area contributed by atoms with Crippen molar-refractivity contribution in [3.05, 3.63) is 60.4 Å². The van der Waals surface area contributed by atoms with Crippen LogP contribution in [-0.2, 0) is 4.79 Å². The van der Waals surface area contributed by atoms with Gasteiger partial charge in [0.25, 0.3) is 0 Å². The minimum atomic E-state index is -0.363. The summed E-state index contributed by atoms with van der Waals surface area (Å²) in [5, 5.41) is 7.26. The number of aromatic nitrogens is 3. The summed E-state index contributed by atoms with van der Waals surface area (Å²) >= 11 is 1.26. The zero-order valence-electron chi connectivity index (χ0n) is 17.0. The molecule has 0 unspecified atom stereocenters. The SMILES string of the molecule is O=C(CSc1n[nH]c(-c2ccccc2F)n1)N1CCN(CCOc2ccccc2)CC1. The fourth-order valence-corrected chi connectivity index (χ4v) is 4.03. The maximum absolute atomic E-state index is 13.9. The van der Waals surface area contributed by atoms with E-state index in [0.717, 1.165) is 25.4 Å². The Morgan fingerprint density at radius 2 is 1.81 bits per heavy atom. The number of H-pyrrole nitrogens is 1. The van der Waals surface area contributed by atoms with Crippen molar-refractivity contribution in [2.45, 2.75) is 5.16 Å². The normalized spacial score (nSPS) is 14.5. The monoisotopic (exact) mass is 441 g/mol. The van der Waals surface area contributed by atoms with Crippen LogP contribution in [0.2, 0.25) is 0 Å². The van der Waals surface area contributed by atoms with Crippen LogP contribution in [0.3, 0.4) is 0 Å². The van der Waals surface area contributed by atoms with E-state index in [1.165, 1.54) is 17.8 Å². The molecule has 3 aromatic rings. The number of amides is 1. The Labute approximate surface area is 184 Å². The van der Waals surface area contributed by atoms with Gasteiger partial charge >= 0.3 is 0 Å². The van der Waals surface area contributed by atoms with Gasteiger partial charge < -0.3 is 9.64 Å². The first-order chi connectivity index (χ1) is 15.2. The second-order valence-corrected chi connectivity index (χ2v) is 8.06. The van der Waals surface area contributed by atoms with Gasteiger partial charge in [0, 0.05) is 32.7 Å². The molecule has 1 saturated heterocycles. The van der Waals surface area contributed by atoms with Crippen LogP contribution in [0.15, 0.2) is 59.8 Å². The number of nitrogens with one attached hydrogen (secondary N) is 1. The van der Waals surface area contributed by atoms with Gasteiger partial charge in [0.05, 0.1) is 11.3 Å². The van der Waals surface area contributed by atoms with Crippen molar-refractivity contribution in [3.8, 4) is 17.1 Å². The van der Waals surface area contributed by atoms with Crippen LogP contribution in [0.1, 0.15) is 0 Å². The van der Waals surface area contributed by atoms with Crippen molar-refractivity contribution < 1.29 is 13.9 Å². The fourth-order valence-electron chi connectivity index (χ4n) is 3.33. The first-order valence-corrected chi connectivity index (χ1v) is 11.2. The molecule has 1 N–H and O–H groups in total. The summed E-state index contributed by atoms with van der Waals surface area (Å²) in [7, 11) is 0. The first kappa shape index (κ1) is 21.3. The Morgan fingerprint density at radius 3 is 2.58 bits per heavy atom. The molecular formula is C22H24FN5O2S. The van der Waals surface area contributed by atoms with Gasteiger partial charge in [-0.1, -0.05) is 42.1 Å². The lowest BCUT2D eigenvalue weighted by Crippen LogP contribution is -2.50.